The van der Waals surface area contributed by atoms with E-state index in [9.17, 15) is 4.79 Å². The van der Waals surface area contributed by atoms with Crippen molar-refractivity contribution in [3.8, 4) is 0 Å². The maximum absolute atomic E-state index is 11.1. The number of benzene rings is 1. The van der Waals surface area contributed by atoms with E-state index in [1.165, 1.54) is 12.8 Å². The summed E-state index contributed by atoms with van der Waals surface area (Å²) in [5, 5.41) is 3.33. The molecular weight excluding hydrogens is 226 g/mol. The van der Waals surface area contributed by atoms with Crippen LogP contribution in [0.15, 0.2) is 24.3 Å². The second kappa shape index (κ2) is 5.98. The summed E-state index contributed by atoms with van der Waals surface area (Å²) in [6.45, 7) is 3.08. The van der Waals surface area contributed by atoms with Crippen molar-refractivity contribution in [3.63, 3.8) is 0 Å². The van der Waals surface area contributed by atoms with Crippen molar-refractivity contribution in [2.24, 2.45) is 5.73 Å². The molecule has 1 aliphatic rings. The zero-order valence-electron chi connectivity index (χ0n) is 10.9. The molecule has 4 nitrogen and oxygen atoms in total. The van der Waals surface area contributed by atoms with E-state index in [1.807, 2.05) is 19.2 Å². The molecule has 18 heavy (non-hydrogen) atoms. The lowest BCUT2D eigenvalue weighted by atomic mass is 10.0. The van der Waals surface area contributed by atoms with Crippen LogP contribution in [0.2, 0.25) is 0 Å². The molecule has 1 fully saturated rings. The fourth-order valence-electron chi connectivity index (χ4n) is 2.52. The Morgan fingerprint density at radius 2 is 2.39 bits per heavy atom. The molecule has 4 heteroatoms. The molecule has 0 aliphatic carbocycles. The van der Waals surface area contributed by atoms with Gasteiger partial charge in [-0.05, 0) is 44.1 Å². The lowest BCUT2D eigenvalue weighted by Gasteiger charge is -2.32. The van der Waals surface area contributed by atoms with E-state index in [1.54, 1.807) is 6.07 Å². The molecule has 1 amide bonds. The van der Waals surface area contributed by atoms with Crippen LogP contribution in [0.25, 0.3) is 0 Å². The third-order valence-corrected chi connectivity index (χ3v) is 3.53. The number of rotatable bonds is 4. The molecule has 1 atom stereocenters. The van der Waals surface area contributed by atoms with Crippen LogP contribution in [0.3, 0.4) is 0 Å². The smallest absolute Gasteiger partial charge is 0.248 e. The second-order valence-electron chi connectivity index (χ2n) is 4.93. The number of amides is 1. The summed E-state index contributed by atoms with van der Waals surface area (Å²) in [7, 11) is 2.02. The first-order valence-corrected chi connectivity index (χ1v) is 6.47. The van der Waals surface area contributed by atoms with E-state index in [2.05, 4.69) is 16.3 Å². The molecule has 0 saturated carbocycles. The summed E-state index contributed by atoms with van der Waals surface area (Å²) >= 11 is 0. The molecule has 1 aromatic rings. The van der Waals surface area contributed by atoms with Gasteiger partial charge in [-0.3, -0.25) is 9.69 Å². The third kappa shape index (κ3) is 3.31. The number of nitrogens with one attached hydrogen (secondary N) is 1. The maximum Gasteiger partial charge on any atom is 0.248 e. The predicted molar refractivity (Wildman–Crippen MR) is 72.3 cm³/mol. The number of likely N-dealkylation sites (N-methyl/N-ethyl adjacent to an activating group) is 1. The van der Waals surface area contributed by atoms with Crippen molar-refractivity contribution < 1.29 is 4.79 Å². The zero-order valence-corrected chi connectivity index (χ0v) is 10.9. The van der Waals surface area contributed by atoms with E-state index in [0.717, 1.165) is 25.2 Å². The number of carbonyl (C=O) groups excluding carboxylic acids is 1. The molecular formula is C14H21N3O. The lowest BCUT2D eigenvalue weighted by Crippen LogP contribution is -2.43. The fraction of sp³-hybridized carbons (Fsp3) is 0.500. The lowest BCUT2D eigenvalue weighted by molar-refractivity contribution is 0.1000. The van der Waals surface area contributed by atoms with Crippen LogP contribution < -0.4 is 11.1 Å². The number of hydrogen-bond acceptors (Lipinski definition) is 3. The van der Waals surface area contributed by atoms with Crippen LogP contribution in [-0.4, -0.2) is 37.0 Å². The first kappa shape index (κ1) is 13.1. The number of nitrogens with two attached hydrogens (primary N) is 1. The summed E-state index contributed by atoms with van der Waals surface area (Å²) in [6.07, 6.45) is 2.47. The molecule has 0 spiro atoms. The molecule has 1 saturated heterocycles. The standard InChI is InChI=1S/C14H21N3O/c1-16-13-6-3-7-17(10-13)9-11-4-2-5-12(8-11)14(15)18/h2,4-5,8,13,16H,3,6-7,9-10H2,1H3,(H2,15,18). The van der Waals surface area contributed by atoms with Crippen LogP contribution in [0.1, 0.15) is 28.8 Å². The summed E-state index contributed by atoms with van der Waals surface area (Å²) in [4.78, 5) is 13.6. The van der Waals surface area contributed by atoms with Gasteiger partial charge in [-0.15, -0.1) is 0 Å². The molecule has 1 unspecified atom stereocenters. The topological polar surface area (TPSA) is 58.4 Å². The Kier molecular flexibility index (Phi) is 4.33. The quantitative estimate of drug-likeness (QED) is 0.833. The normalized spacial score (nSPS) is 20.8. The first-order chi connectivity index (χ1) is 8.69. The molecule has 1 aliphatic heterocycles. The predicted octanol–water partition coefficient (Wildman–Crippen LogP) is 0.969. The number of piperidine rings is 1. The highest BCUT2D eigenvalue weighted by Crippen LogP contribution is 2.14. The number of hydrogen-bond donors (Lipinski definition) is 2. The van der Waals surface area contributed by atoms with Crippen molar-refractivity contribution in [2.75, 3.05) is 20.1 Å². The largest absolute Gasteiger partial charge is 0.366 e. The molecule has 0 aromatic heterocycles. The minimum atomic E-state index is -0.358. The summed E-state index contributed by atoms with van der Waals surface area (Å²) in [5.74, 6) is -0.358. The van der Waals surface area contributed by atoms with Crippen LogP contribution in [-0.2, 0) is 6.54 Å². The average Bonchev–Trinajstić information content (AvgIpc) is 2.39. The van der Waals surface area contributed by atoms with Gasteiger partial charge in [0, 0.05) is 24.7 Å². The van der Waals surface area contributed by atoms with Crippen molar-refractivity contribution >= 4 is 5.91 Å². The van der Waals surface area contributed by atoms with Gasteiger partial charge in [0.05, 0.1) is 0 Å². The van der Waals surface area contributed by atoms with Crippen LogP contribution in [0.5, 0.6) is 0 Å². The van der Waals surface area contributed by atoms with Crippen LogP contribution >= 0.6 is 0 Å². The number of nitrogens with zero attached hydrogens (tertiary/aromatic N) is 1. The van der Waals surface area contributed by atoms with E-state index in [-0.39, 0.29) is 5.91 Å². The van der Waals surface area contributed by atoms with E-state index < -0.39 is 0 Å². The van der Waals surface area contributed by atoms with E-state index in [0.29, 0.717) is 11.6 Å². The Balaban J connectivity index is 2.00. The Bertz CT molecular complexity index is 419. The minimum absolute atomic E-state index is 0.358. The number of likely N-dealkylation sites (tertiary alicyclic amines) is 1. The van der Waals surface area contributed by atoms with Gasteiger partial charge < -0.3 is 11.1 Å². The highest BCUT2D eigenvalue weighted by atomic mass is 16.1. The second-order valence-corrected chi connectivity index (χ2v) is 4.93. The van der Waals surface area contributed by atoms with Gasteiger partial charge in [0.1, 0.15) is 0 Å². The highest BCUT2D eigenvalue weighted by molar-refractivity contribution is 5.92. The Morgan fingerprint density at radius 1 is 1.56 bits per heavy atom. The van der Waals surface area contributed by atoms with Crippen LogP contribution in [0.4, 0.5) is 0 Å². The molecule has 1 aromatic carbocycles. The summed E-state index contributed by atoms with van der Waals surface area (Å²) in [6, 6.07) is 8.19. The monoisotopic (exact) mass is 247 g/mol. The van der Waals surface area contributed by atoms with Crippen molar-refractivity contribution in [1.29, 1.82) is 0 Å². The SMILES string of the molecule is CNC1CCCN(Cc2cccc(C(N)=O)c2)C1. The number of carbonyl (C=O) groups is 1. The highest BCUT2D eigenvalue weighted by Gasteiger charge is 2.18. The third-order valence-electron chi connectivity index (χ3n) is 3.53. The van der Waals surface area contributed by atoms with Crippen molar-refractivity contribution in [2.45, 2.75) is 25.4 Å². The zero-order chi connectivity index (χ0) is 13.0. The first-order valence-electron chi connectivity index (χ1n) is 6.47. The summed E-state index contributed by atoms with van der Waals surface area (Å²) < 4.78 is 0. The molecule has 0 bridgehead atoms. The minimum Gasteiger partial charge on any atom is -0.366 e. The molecule has 1 heterocycles. The molecule has 98 valence electrons. The van der Waals surface area contributed by atoms with Gasteiger partial charge in [-0.1, -0.05) is 12.1 Å². The van der Waals surface area contributed by atoms with E-state index >= 15 is 0 Å². The van der Waals surface area contributed by atoms with Crippen LogP contribution in [0, 0.1) is 0 Å². The molecule has 2 rings (SSSR count). The molecule has 0 radical (unpaired) electrons. The van der Waals surface area contributed by atoms with Gasteiger partial charge in [-0.2, -0.15) is 0 Å². The van der Waals surface area contributed by atoms with Gasteiger partial charge in [0.25, 0.3) is 0 Å². The van der Waals surface area contributed by atoms with Gasteiger partial charge >= 0.3 is 0 Å². The average molecular weight is 247 g/mol. The number of primary amides is 1. The van der Waals surface area contributed by atoms with Gasteiger partial charge in [-0.25, -0.2) is 0 Å². The maximum atomic E-state index is 11.1. The van der Waals surface area contributed by atoms with Gasteiger partial charge in [0.15, 0.2) is 0 Å². The Hall–Kier alpha value is -1.39. The molecule has 3 N–H and O–H groups in total. The van der Waals surface area contributed by atoms with Crippen molar-refractivity contribution in [1.82, 2.24) is 10.2 Å². The Morgan fingerprint density at radius 3 is 3.11 bits per heavy atom. The van der Waals surface area contributed by atoms with E-state index in [4.69, 9.17) is 5.73 Å². The summed E-state index contributed by atoms with van der Waals surface area (Å²) in [5.41, 5.74) is 7.04. The fourth-order valence-corrected chi connectivity index (χ4v) is 2.52. The van der Waals surface area contributed by atoms with Crippen molar-refractivity contribution in [3.05, 3.63) is 35.4 Å². The van der Waals surface area contributed by atoms with Gasteiger partial charge in [0.2, 0.25) is 5.91 Å². The Labute approximate surface area is 108 Å².